The van der Waals surface area contributed by atoms with Crippen LogP contribution in [0.5, 0.6) is 0 Å². The van der Waals surface area contributed by atoms with E-state index in [-0.39, 0.29) is 5.56 Å². The second-order valence-electron chi connectivity index (χ2n) is 7.79. The third kappa shape index (κ3) is 4.04. The van der Waals surface area contributed by atoms with Gasteiger partial charge in [-0.3, -0.25) is 19.7 Å². The number of nitrogens with one attached hydrogen (secondary N) is 1. The zero-order valence-corrected chi connectivity index (χ0v) is 17.3. The van der Waals surface area contributed by atoms with Crippen molar-refractivity contribution < 1.29 is 0 Å². The van der Waals surface area contributed by atoms with Crippen molar-refractivity contribution in [2.75, 3.05) is 6.54 Å². The van der Waals surface area contributed by atoms with E-state index >= 15 is 0 Å². The van der Waals surface area contributed by atoms with E-state index in [1.165, 1.54) is 0 Å². The van der Waals surface area contributed by atoms with Crippen molar-refractivity contribution in [1.29, 1.82) is 5.26 Å². The molecule has 0 fully saturated rings. The van der Waals surface area contributed by atoms with Crippen molar-refractivity contribution >= 4 is 0 Å². The first-order valence-electron chi connectivity index (χ1n) is 10.4. The van der Waals surface area contributed by atoms with Gasteiger partial charge in [0, 0.05) is 55.8 Å². The van der Waals surface area contributed by atoms with E-state index in [2.05, 4.69) is 30.9 Å². The highest BCUT2D eigenvalue weighted by atomic mass is 16.1. The van der Waals surface area contributed by atoms with Gasteiger partial charge in [0.25, 0.3) is 5.56 Å². The Morgan fingerprint density at radius 3 is 2.78 bits per heavy atom. The highest BCUT2D eigenvalue weighted by Crippen LogP contribution is 2.21. The molecule has 0 bridgehead atoms. The standard InChI is InChI=1S/C25H20N6O/c26-12-17-3-1-4-19(11-17)22-7-6-18(13-28-22)15-31-10-8-23-21(16-31)25(32)30-24(29-23)20-5-2-9-27-14-20/h1-7,9,11,13-14H,8,10,15-16H2,(H,29,30,32). The first kappa shape index (κ1) is 19.8. The number of pyridine rings is 2. The molecule has 0 amide bonds. The van der Waals surface area contributed by atoms with E-state index in [0.717, 1.165) is 46.6 Å². The Morgan fingerprint density at radius 1 is 1.09 bits per heavy atom. The molecule has 4 aromatic rings. The molecule has 0 saturated heterocycles. The molecule has 5 rings (SSSR count). The van der Waals surface area contributed by atoms with Crippen LogP contribution >= 0.6 is 0 Å². The second kappa shape index (κ2) is 8.53. The van der Waals surface area contributed by atoms with Crippen LogP contribution in [0, 0.1) is 11.3 Å². The van der Waals surface area contributed by atoms with Crippen LogP contribution < -0.4 is 5.56 Å². The smallest absolute Gasteiger partial charge is 0.255 e. The fourth-order valence-electron chi connectivity index (χ4n) is 3.95. The Hall–Kier alpha value is -4.15. The van der Waals surface area contributed by atoms with Crippen LogP contribution in [-0.2, 0) is 19.5 Å². The number of nitrogens with zero attached hydrogens (tertiary/aromatic N) is 5. The van der Waals surface area contributed by atoms with Crippen LogP contribution in [0.4, 0.5) is 0 Å². The van der Waals surface area contributed by atoms with Crippen molar-refractivity contribution in [1.82, 2.24) is 24.8 Å². The Bertz CT molecular complexity index is 1360. The third-order valence-corrected chi connectivity index (χ3v) is 5.60. The average Bonchev–Trinajstić information content (AvgIpc) is 2.85. The van der Waals surface area contributed by atoms with E-state index in [1.54, 1.807) is 18.5 Å². The predicted molar refractivity (Wildman–Crippen MR) is 120 cm³/mol. The predicted octanol–water partition coefficient (Wildman–Crippen LogP) is 3.32. The van der Waals surface area contributed by atoms with E-state index in [4.69, 9.17) is 5.26 Å². The molecule has 1 aromatic carbocycles. The van der Waals surface area contributed by atoms with Gasteiger partial charge in [0.15, 0.2) is 0 Å². The lowest BCUT2D eigenvalue weighted by Gasteiger charge is -2.27. The molecule has 1 aliphatic rings. The first-order chi connectivity index (χ1) is 15.7. The zero-order valence-electron chi connectivity index (χ0n) is 17.3. The number of hydrogen-bond donors (Lipinski definition) is 1. The minimum atomic E-state index is -0.0931. The molecule has 32 heavy (non-hydrogen) atoms. The maximum Gasteiger partial charge on any atom is 0.255 e. The molecule has 7 heteroatoms. The molecule has 3 aromatic heterocycles. The van der Waals surface area contributed by atoms with E-state index in [9.17, 15) is 4.79 Å². The van der Waals surface area contributed by atoms with Crippen molar-refractivity contribution in [2.45, 2.75) is 19.5 Å². The summed E-state index contributed by atoms with van der Waals surface area (Å²) < 4.78 is 0. The van der Waals surface area contributed by atoms with Crippen LogP contribution in [-0.4, -0.2) is 31.4 Å². The largest absolute Gasteiger partial charge is 0.306 e. The van der Waals surface area contributed by atoms with Gasteiger partial charge in [-0.15, -0.1) is 0 Å². The van der Waals surface area contributed by atoms with Crippen molar-refractivity contribution in [3.63, 3.8) is 0 Å². The van der Waals surface area contributed by atoms with E-state index in [0.29, 0.717) is 24.5 Å². The molecule has 156 valence electrons. The maximum absolute atomic E-state index is 12.7. The lowest BCUT2D eigenvalue weighted by atomic mass is 10.1. The van der Waals surface area contributed by atoms with Crippen molar-refractivity contribution in [3.8, 4) is 28.7 Å². The highest BCUT2D eigenvalue weighted by molar-refractivity contribution is 5.61. The average molecular weight is 420 g/mol. The Morgan fingerprint density at radius 2 is 2.00 bits per heavy atom. The fourth-order valence-corrected chi connectivity index (χ4v) is 3.95. The van der Waals surface area contributed by atoms with Gasteiger partial charge in [-0.05, 0) is 35.9 Å². The molecule has 0 unspecified atom stereocenters. The molecule has 0 atom stereocenters. The van der Waals surface area contributed by atoms with Gasteiger partial charge in [0.05, 0.1) is 28.6 Å². The number of aromatic nitrogens is 4. The van der Waals surface area contributed by atoms with Gasteiger partial charge in [-0.2, -0.15) is 5.26 Å². The second-order valence-corrected chi connectivity index (χ2v) is 7.79. The number of benzene rings is 1. The molecular formula is C25H20N6O. The Kier molecular flexibility index (Phi) is 5.28. The summed E-state index contributed by atoms with van der Waals surface area (Å²) in [5.41, 5.74) is 5.74. The first-order valence-corrected chi connectivity index (χ1v) is 10.4. The van der Waals surface area contributed by atoms with Crippen LogP contribution in [0.3, 0.4) is 0 Å². The quantitative estimate of drug-likeness (QED) is 0.544. The molecule has 0 radical (unpaired) electrons. The summed E-state index contributed by atoms with van der Waals surface area (Å²) in [7, 11) is 0. The SMILES string of the molecule is N#Cc1cccc(-c2ccc(CN3CCc4nc(-c5cccnc5)[nH]c(=O)c4C3)cn2)c1. The number of nitriles is 1. The fraction of sp³-hybridized carbons (Fsp3) is 0.160. The topological polar surface area (TPSA) is 98.6 Å². The maximum atomic E-state index is 12.7. The normalized spacial score (nSPS) is 13.3. The summed E-state index contributed by atoms with van der Waals surface area (Å²) >= 11 is 0. The molecule has 0 aliphatic carbocycles. The molecule has 7 nitrogen and oxygen atoms in total. The lowest BCUT2D eigenvalue weighted by Crippen LogP contribution is -2.35. The van der Waals surface area contributed by atoms with Gasteiger partial charge in [-0.25, -0.2) is 4.98 Å². The highest BCUT2D eigenvalue weighted by Gasteiger charge is 2.21. The summed E-state index contributed by atoms with van der Waals surface area (Å²) in [6.07, 6.45) is 5.98. The molecule has 0 saturated carbocycles. The lowest BCUT2D eigenvalue weighted by molar-refractivity contribution is 0.241. The number of aromatic amines is 1. The summed E-state index contributed by atoms with van der Waals surface area (Å²) in [4.78, 5) is 31.2. The van der Waals surface area contributed by atoms with Crippen LogP contribution in [0.25, 0.3) is 22.6 Å². The van der Waals surface area contributed by atoms with Crippen LogP contribution in [0.1, 0.15) is 22.4 Å². The number of hydrogen-bond acceptors (Lipinski definition) is 6. The summed E-state index contributed by atoms with van der Waals surface area (Å²) in [6, 6.07) is 17.3. The van der Waals surface area contributed by atoms with Gasteiger partial charge < -0.3 is 4.98 Å². The molecule has 1 aliphatic heterocycles. The molecular weight excluding hydrogens is 400 g/mol. The summed E-state index contributed by atoms with van der Waals surface area (Å²) in [5.74, 6) is 0.565. The van der Waals surface area contributed by atoms with E-state index in [1.807, 2.05) is 48.7 Å². The summed E-state index contributed by atoms with van der Waals surface area (Å²) in [5, 5.41) is 9.09. The Labute approximate surface area is 185 Å². The van der Waals surface area contributed by atoms with Crippen molar-refractivity contribution in [2.24, 2.45) is 0 Å². The van der Waals surface area contributed by atoms with Gasteiger partial charge >= 0.3 is 0 Å². The van der Waals surface area contributed by atoms with Crippen LogP contribution in [0.15, 0.2) is 71.9 Å². The monoisotopic (exact) mass is 420 g/mol. The van der Waals surface area contributed by atoms with Gasteiger partial charge in [0.1, 0.15) is 5.82 Å². The van der Waals surface area contributed by atoms with Crippen LogP contribution in [0.2, 0.25) is 0 Å². The molecule has 4 heterocycles. The van der Waals surface area contributed by atoms with Gasteiger partial charge in [0.2, 0.25) is 0 Å². The third-order valence-electron chi connectivity index (χ3n) is 5.60. The molecule has 0 spiro atoms. The number of fused-ring (bicyclic) bond motifs is 1. The summed E-state index contributed by atoms with van der Waals surface area (Å²) in [6.45, 7) is 2.08. The number of H-pyrrole nitrogens is 1. The minimum absolute atomic E-state index is 0.0931. The van der Waals surface area contributed by atoms with E-state index < -0.39 is 0 Å². The zero-order chi connectivity index (χ0) is 21.9. The van der Waals surface area contributed by atoms with Gasteiger partial charge in [-0.1, -0.05) is 18.2 Å². The minimum Gasteiger partial charge on any atom is -0.306 e. The Balaban J connectivity index is 1.31. The van der Waals surface area contributed by atoms with Crippen molar-refractivity contribution in [3.05, 3.63) is 99.9 Å². The number of rotatable bonds is 4. The molecule has 1 N–H and O–H groups in total.